The van der Waals surface area contributed by atoms with Crippen LogP contribution in [0.3, 0.4) is 0 Å². The smallest absolute Gasteiger partial charge is 0.338 e. The summed E-state index contributed by atoms with van der Waals surface area (Å²) < 4.78 is 6.34. The molecule has 7 nitrogen and oxygen atoms in total. The molecule has 0 spiro atoms. The summed E-state index contributed by atoms with van der Waals surface area (Å²) in [5.74, 6) is -0.0169. The van der Waals surface area contributed by atoms with Gasteiger partial charge >= 0.3 is 12.0 Å². The third-order valence-electron chi connectivity index (χ3n) is 2.46. The molecular formula is C12H14N4O3. The standard InChI is InChI=1S/C12H14N4O3/c1-3-13-12(18)15-9-7-16-5-4-8(11(17)19-2)6-10(16)14-9/h4-7H,3H2,1-2H3,(H2,13,15,18). The number of esters is 1. The fourth-order valence-electron chi connectivity index (χ4n) is 1.61. The molecule has 2 N–H and O–H groups in total. The molecule has 0 fully saturated rings. The number of anilines is 1. The molecule has 2 amide bonds. The van der Waals surface area contributed by atoms with Crippen molar-refractivity contribution in [1.82, 2.24) is 14.7 Å². The number of ether oxygens (including phenoxy) is 1. The summed E-state index contributed by atoms with van der Waals surface area (Å²) in [4.78, 5) is 26.9. The summed E-state index contributed by atoms with van der Waals surface area (Å²) in [5, 5.41) is 5.20. The lowest BCUT2D eigenvalue weighted by Crippen LogP contribution is -2.28. The van der Waals surface area contributed by atoms with Crippen LogP contribution in [0.2, 0.25) is 0 Å². The van der Waals surface area contributed by atoms with Gasteiger partial charge < -0.3 is 14.5 Å². The maximum atomic E-state index is 11.4. The Bertz CT molecular complexity index is 620. The second-order valence-electron chi connectivity index (χ2n) is 3.78. The first-order valence-corrected chi connectivity index (χ1v) is 5.76. The molecule has 7 heteroatoms. The molecule has 0 aliphatic heterocycles. The summed E-state index contributed by atoms with van der Waals surface area (Å²) in [5.41, 5.74) is 0.958. The van der Waals surface area contributed by atoms with Crippen LogP contribution in [0, 0.1) is 0 Å². The molecule has 100 valence electrons. The van der Waals surface area contributed by atoms with E-state index in [4.69, 9.17) is 0 Å². The van der Waals surface area contributed by atoms with Crippen LogP contribution in [0.5, 0.6) is 0 Å². The predicted molar refractivity (Wildman–Crippen MR) is 69.2 cm³/mol. The van der Waals surface area contributed by atoms with Crippen LogP contribution in [0.25, 0.3) is 5.65 Å². The summed E-state index contributed by atoms with van der Waals surface area (Å²) in [6.45, 7) is 2.36. The van der Waals surface area contributed by atoms with E-state index >= 15 is 0 Å². The van der Waals surface area contributed by atoms with E-state index in [-0.39, 0.29) is 6.03 Å². The Morgan fingerprint density at radius 2 is 2.26 bits per heavy atom. The first-order valence-electron chi connectivity index (χ1n) is 5.76. The zero-order valence-electron chi connectivity index (χ0n) is 10.6. The molecule has 2 aromatic heterocycles. The molecule has 2 aromatic rings. The van der Waals surface area contributed by atoms with E-state index in [1.165, 1.54) is 7.11 Å². The number of carbonyl (C=O) groups is 2. The minimum atomic E-state index is -0.427. The molecule has 19 heavy (non-hydrogen) atoms. The molecule has 2 rings (SSSR count). The third kappa shape index (κ3) is 2.82. The number of methoxy groups -OCH3 is 1. The van der Waals surface area contributed by atoms with Crippen molar-refractivity contribution >= 4 is 23.5 Å². The van der Waals surface area contributed by atoms with Crippen LogP contribution in [-0.2, 0) is 4.74 Å². The van der Waals surface area contributed by atoms with Crippen LogP contribution in [0.1, 0.15) is 17.3 Å². The Kier molecular flexibility index (Phi) is 3.65. The van der Waals surface area contributed by atoms with Gasteiger partial charge in [-0.2, -0.15) is 0 Å². The number of aromatic nitrogens is 2. The van der Waals surface area contributed by atoms with Crippen LogP contribution < -0.4 is 10.6 Å². The quantitative estimate of drug-likeness (QED) is 0.815. The van der Waals surface area contributed by atoms with Gasteiger partial charge in [0.15, 0.2) is 5.82 Å². The second kappa shape index (κ2) is 5.38. The van der Waals surface area contributed by atoms with E-state index in [2.05, 4.69) is 20.4 Å². The van der Waals surface area contributed by atoms with Crippen LogP contribution in [0.15, 0.2) is 24.5 Å². The summed E-state index contributed by atoms with van der Waals surface area (Å²) in [7, 11) is 1.32. The monoisotopic (exact) mass is 262 g/mol. The molecule has 0 aromatic carbocycles. The zero-order chi connectivity index (χ0) is 13.8. The first-order chi connectivity index (χ1) is 9.13. The molecule has 0 saturated heterocycles. The van der Waals surface area contributed by atoms with Crippen molar-refractivity contribution in [3.05, 3.63) is 30.1 Å². The second-order valence-corrected chi connectivity index (χ2v) is 3.78. The molecule has 0 bridgehead atoms. The highest BCUT2D eigenvalue weighted by atomic mass is 16.5. The van der Waals surface area contributed by atoms with Gasteiger partial charge in [0, 0.05) is 12.7 Å². The van der Waals surface area contributed by atoms with Crippen molar-refractivity contribution in [2.24, 2.45) is 0 Å². The number of rotatable bonds is 3. The third-order valence-corrected chi connectivity index (χ3v) is 2.46. The highest BCUT2D eigenvalue weighted by Gasteiger charge is 2.09. The lowest BCUT2D eigenvalue weighted by molar-refractivity contribution is 0.0600. The van der Waals surface area contributed by atoms with E-state index in [1.54, 1.807) is 28.9 Å². The number of hydrogen-bond acceptors (Lipinski definition) is 4. The highest BCUT2D eigenvalue weighted by molar-refractivity contribution is 5.91. The summed E-state index contributed by atoms with van der Waals surface area (Å²) >= 11 is 0. The van der Waals surface area contributed by atoms with Crippen molar-refractivity contribution in [2.45, 2.75) is 6.92 Å². The SMILES string of the molecule is CCNC(=O)Nc1cn2ccc(C(=O)OC)cc2n1. The number of amides is 2. The minimum absolute atomic E-state index is 0.320. The van der Waals surface area contributed by atoms with Gasteiger partial charge in [0.25, 0.3) is 0 Å². The number of nitrogens with one attached hydrogen (secondary N) is 2. The minimum Gasteiger partial charge on any atom is -0.465 e. The first kappa shape index (κ1) is 12.9. The van der Waals surface area contributed by atoms with Crippen molar-refractivity contribution in [3.63, 3.8) is 0 Å². The lowest BCUT2D eigenvalue weighted by Gasteiger charge is -2.00. The fraction of sp³-hybridized carbons (Fsp3) is 0.250. The van der Waals surface area contributed by atoms with Crippen molar-refractivity contribution in [3.8, 4) is 0 Å². The molecule has 0 radical (unpaired) electrons. The van der Waals surface area contributed by atoms with Crippen molar-refractivity contribution in [1.29, 1.82) is 0 Å². The number of carbonyl (C=O) groups excluding carboxylic acids is 2. The topological polar surface area (TPSA) is 84.7 Å². The Morgan fingerprint density at radius 1 is 1.47 bits per heavy atom. The summed E-state index contributed by atoms with van der Waals surface area (Å²) in [6.07, 6.45) is 3.34. The van der Waals surface area contributed by atoms with Gasteiger partial charge in [-0.25, -0.2) is 14.6 Å². The van der Waals surface area contributed by atoms with Gasteiger partial charge in [-0.15, -0.1) is 0 Å². The van der Waals surface area contributed by atoms with E-state index < -0.39 is 5.97 Å². The summed E-state index contributed by atoms with van der Waals surface area (Å²) in [6, 6.07) is 2.89. The molecule has 0 unspecified atom stereocenters. The predicted octanol–water partition coefficient (Wildman–Crippen LogP) is 1.26. The van der Waals surface area contributed by atoms with Crippen LogP contribution in [0.4, 0.5) is 10.6 Å². The van der Waals surface area contributed by atoms with Crippen molar-refractivity contribution < 1.29 is 14.3 Å². The molecule has 2 heterocycles. The van der Waals surface area contributed by atoms with E-state index in [0.29, 0.717) is 23.6 Å². The lowest BCUT2D eigenvalue weighted by atomic mass is 10.3. The molecular weight excluding hydrogens is 248 g/mol. The molecule has 0 aliphatic rings. The number of imidazole rings is 1. The van der Waals surface area contributed by atoms with E-state index in [0.717, 1.165) is 0 Å². The molecule has 0 saturated carbocycles. The Hall–Kier alpha value is -2.57. The number of fused-ring (bicyclic) bond motifs is 1. The Labute approximate surface area is 109 Å². The number of hydrogen-bond donors (Lipinski definition) is 2. The van der Waals surface area contributed by atoms with Crippen LogP contribution in [-0.4, -0.2) is 35.0 Å². The highest BCUT2D eigenvalue weighted by Crippen LogP contribution is 2.12. The van der Waals surface area contributed by atoms with E-state index in [1.807, 2.05) is 6.92 Å². The van der Waals surface area contributed by atoms with Gasteiger partial charge in [0.1, 0.15) is 5.65 Å². The largest absolute Gasteiger partial charge is 0.465 e. The average molecular weight is 262 g/mol. The number of nitrogens with zero attached hydrogens (tertiary/aromatic N) is 2. The van der Waals surface area contributed by atoms with Crippen molar-refractivity contribution in [2.75, 3.05) is 19.0 Å². The number of pyridine rings is 1. The maximum absolute atomic E-state index is 11.4. The van der Waals surface area contributed by atoms with Gasteiger partial charge in [0.05, 0.1) is 18.9 Å². The Morgan fingerprint density at radius 3 is 2.95 bits per heavy atom. The van der Waals surface area contributed by atoms with Gasteiger partial charge in [0.2, 0.25) is 0 Å². The number of urea groups is 1. The molecule has 0 aliphatic carbocycles. The zero-order valence-corrected chi connectivity index (χ0v) is 10.6. The molecule has 0 atom stereocenters. The van der Waals surface area contributed by atoms with Gasteiger partial charge in [-0.3, -0.25) is 5.32 Å². The average Bonchev–Trinajstić information content (AvgIpc) is 2.78. The maximum Gasteiger partial charge on any atom is 0.338 e. The van der Waals surface area contributed by atoms with Gasteiger partial charge in [-0.1, -0.05) is 0 Å². The Balaban J connectivity index is 2.25. The van der Waals surface area contributed by atoms with Gasteiger partial charge in [-0.05, 0) is 19.1 Å². The van der Waals surface area contributed by atoms with E-state index in [9.17, 15) is 9.59 Å². The van der Waals surface area contributed by atoms with Crippen LogP contribution >= 0.6 is 0 Å². The normalized spacial score (nSPS) is 10.2. The fourth-order valence-corrected chi connectivity index (χ4v) is 1.61.